The predicted molar refractivity (Wildman–Crippen MR) is 69.2 cm³/mol. The molecule has 0 aromatic carbocycles. The highest BCUT2D eigenvalue weighted by molar-refractivity contribution is 5.47. The Bertz CT molecular complexity index is 378. The van der Waals surface area contributed by atoms with Gasteiger partial charge >= 0.3 is 0 Å². The largest absolute Gasteiger partial charge is 0.380 e. The lowest BCUT2D eigenvalue weighted by Crippen LogP contribution is -2.29. The van der Waals surface area contributed by atoms with Crippen molar-refractivity contribution in [3.8, 4) is 0 Å². The number of halogens is 1. The molecule has 0 aliphatic carbocycles. The summed E-state index contributed by atoms with van der Waals surface area (Å²) >= 11 is 0. The van der Waals surface area contributed by atoms with Gasteiger partial charge in [0.15, 0.2) is 0 Å². The van der Waals surface area contributed by atoms with Crippen LogP contribution in [0.3, 0.4) is 0 Å². The average Bonchev–Trinajstić information content (AvgIpc) is 2.65. The van der Waals surface area contributed by atoms with E-state index in [0.29, 0.717) is 13.2 Å². The van der Waals surface area contributed by atoms with E-state index in [1.165, 1.54) is 6.20 Å². The Morgan fingerprint density at radius 1 is 1.44 bits per heavy atom. The highest BCUT2D eigenvalue weighted by Crippen LogP contribution is 2.19. The molecule has 0 radical (unpaired) electrons. The van der Waals surface area contributed by atoms with Gasteiger partial charge < -0.3 is 15.0 Å². The summed E-state index contributed by atoms with van der Waals surface area (Å²) in [5, 5.41) is 3.22. The quantitative estimate of drug-likeness (QED) is 0.883. The van der Waals surface area contributed by atoms with Crippen molar-refractivity contribution in [2.24, 2.45) is 0 Å². The van der Waals surface area contributed by atoms with E-state index in [1.54, 1.807) is 6.07 Å². The second-order valence-corrected chi connectivity index (χ2v) is 4.37. The van der Waals surface area contributed by atoms with Crippen LogP contribution in [0.4, 0.5) is 10.2 Å². The third kappa shape index (κ3) is 3.40. The third-order valence-electron chi connectivity index (χ3n) is 3.00. The van der Waals surface area contributed by atoms with Crippen LogP contribution in [0.25, 0.3) is 0 Å². The molecule has 0 saturated carbocycles. The van der Waals surface area contributed by atoms with Crippen LogP contribution in [-0.2, 0) is 11.3 Å². The van der Waals surface area contributed by atoms with Crippen molar-refractivity contribution in [2.75, 3.05) is 37.7 Å². The Balaban J connectivity index is 2.18. The van der Waals surface area contributed by atoms with Gasteiger partial charge in [0.2, 0.25) is 0 Å². The van der Waals surface area contributed by atoms with Gasteiger partial charge in [-0.05, 0) is 19.0 Å². The van der Waals surface area contributed by atoms with E-state index in [2.05, 4.69) is 15.2 Å². The number of aromatic nitrogens is 1. The van der Waals surface area contributed by atoms with Crippen LogP contribution in [0.5, 0.6) is 0 Å². The Morgan fingerprint density at radius 3 is 3.17 bits per heavy atom. The number of nitrogens with one attached hydrogen (secondary N) is 1. The topological polar surface area (TPSA) is 37.4 Å². The first-order valence-corrected chi connectivity index (χ1v) is 6.49. The Kier molecular flexibility index (Phi) is 4.90. The van der Waals surface area contributed by atoms with Crippen molar-refractivity contribution in [2.45, 2.75) is 19.9 Å². The zero-order valence-corrected chi connectivity index (χ0v) is 10.8. The first kappa shape index (κ1) is 13.2. The summed E-state index contributed by atoms with van der Waals surface area (Å²) in [4.78, 5) is 6.43. The lowest BCUT2D eigenvalue weighted by atomic mass is 10.2. The number of hydrogen-bond acceptors (Lipinski definition) is 4. The average molecular weight is 253 g/mol. The molecule has 2 heterocycles. The Morgan fingerprint density at radius 2 is 2.33 bits per heavy atom. The molecule has 1 aromatic rings. The highest BCUT2D eigenvalue weighted by atomic mass is 19.1. The zero-order chi connectivity index (χ0) is 12.8. The monoisotopic (exact) mass is 253 g/mol. The SMILES string of the molecule is CCNCc1cc(F)cnc1N1CCCOCC1. The molecule has 0 spiro atoms. The van der Waals surface area contributed by atoms with E-state index in [0.717, 1.165) is 44.0 Å². The van der Waals surface area contributed by atoms with Gasteiger partial charge in [-0.2, -0.15) is 0 Å². The number of hydrogen-bond donors (Lipinski definition) is 1. The summed E-state index contributed by atoms with van der Waals surface area (Å²) < 4.78 is 18.7. The van der Waals surface area contributed by atoms with Gasteiger partial charge in [-0.15, -0.1) is 0 Å². The summed E-state index contributed by atoms with van der Waals surface area (Å²) in [6, 6.07) is 1.57. The number of nitrogens with zero attached hydrogens (tertiary/aromatic N) is 2. The van der Waals surface area contributed by atoms with Crippen molar-refractivity contribution in [3.05, 3.63) is 23.6 Å². The van der Waals surface area contributed by atoms with Gasteiger partial charge in [0.25, 0.3) is 0 Å². The van der Waals surface area contributed by atoms with Gasteiger partial charge in [0.05, 0.1) is 12.8 Å². The Labute approximate surface area is 107 Å². The fraction of sp³-hybridized carbons (Fsp3) is 0.615. The second kappa shape index (κ2) is 6.66. The molecule has 0 amide bonds. The molecule has 5 heteroatoms. The molecule has 2 rings (SSSR count). The van der Waals surface area contributed by atoms with Gasteiger partial charge in [-0.25, -0.2) is 9.37 Å². The number of anilines is 1. The molecule has 0 unspecified atom stereocenters. The van der Waals surface area contributed by atoms with Crippen LogP contribution in [-0.4, -0.2) is 37.8 Å². The summed E-state index contributed by atoms with van der Waals surface area (Å²) in [5.74, 6) is 0.598. The normalized spacial score (nSPS) is 16.7. The van der Waals surface area contributed by atoms with Crippen LogP contribution in [0.1, 0.15) is 18.9 Å². The molecule has 18 heavy (non-hydrogen) atoms. The highest BCUT2D eigenvalue weighted by Gasteiger charge is 2.15. The molecule has 0 atom stereocenters. The maximum Gasteiger partial charge on any atom is 0.141 e. The molecule has 1 aliphatic heterocycles. The van der Waals surface area contributed by atoms with Gasteiger partial charge in [0.1, 0.15) is 11.6 Å². The van der Waals surface area contributed by atoms with Crippen molar-refractivity contribution >= 4 is 5.82 Å². The zero-order valence-electron chi connectivity index (χ0n) is 10.8. The smallest absolute Gasteiger partial charge is 0.141 e. The van der Waals surface area contributed by atoms with Crippen LogP contribution in [0.15, 0.2) is 12.3 Å². The molecule has 1 N–H and O–H groups in total. The molecule has 4 nitrogen and oxygen atoms in total. The standard InChI is InChI=1S/C13H20FN3O/c1-2-15-9-11-8-12(14)10-16-13(11)17-4-3-6-18-7-5-17/h8,10,15H,2-7,9H2,1H3. The minimum Gasteiger partial charge on any atom is -0.380 e. The summed E-state index contributed by atoms with van der Waals surface area (Å²) in [6.07, 6.45) is 2.27. The van der Waals surface area contributed by atoms with Gasteiger partial charge in [-0.1, -0.05) is 6.92 Å². The fourth-order valence-corrected chi connectivity index (χ4v) is 2.11. The molecular weight excluding hydrogens is 233 g/mol. The number of rotatable bonds is 4. The van der Waals surface area contributed by atoms with Crippen molar-refractivity contribution in [1.82, 2.24) is 10.3 Å². The van der Waals surface area contributed by atoms with Crippen LogP contribution >= 0.6 is 0 Å². The summed E-state index contributed by atoms with van der Waals surface area (Å²) in [6.45, 7) is 6.77. The van der Waals surface area contributed by atoms with E-state index in [9.17, 15) is 4.39 Å². The van der Waals surface area contributed by atoms with Gasteiger partial charge in [0, 0.05) is 31.8 Å². The molecule has 1 saturated heterocycles. The first-order valence-electron chi connectivity index (χ1n) is 6.49. The third-order valence-corrected chi connectivity index (χ3v) is 3.00. The second-order valence-electron chi connectivity index (χ2n) is 4.37. The molecule has 1 fully saturated rings. The van der Waals surface area contributed by atoms with E-state index in [4.69, 9.17) is 4.74 Å². The van der Waals surface area contributed by atoms with Crippen LogP contribution < -0.4 is 10.2 Å². The number of ether oxygens (including phenoxy) is 1. The van der Waals surface area contributed by atoms with Crippen LogP contribution in [0.2, 0.25) is 0 Å². The molecular formula is C13H20FN3O. The van der Waals surface area contributed by atoms with E-state index in [1.807, 2.05) is 6.92 Å². The molecule has 1 aromatic heterocycles. The van der Waals surface area contributed by atoms with Crippen LogP contribution in [0, 0.1) is 5.82 Å². The van der Waals surface area contributed by atoms with E-state index >= 15 is 0 Å². The maximum absolute atomic E-state index is 13.3. The predicted octanol–water partition coefficient (Wildman–Crippen LogP) is 1.56. The lowest BCUT2D eigenvalue weighted by molar-refractivity contribution is 0.152. The Hall–Kier alpha value is -1.20. The van der Waals surface area contributed by atoms with E-state index in [-0.39, 0.29) is 5.82 Å². The number of pyridine rings is 1. The molecule has 0 bridgehead atoms. The lowest BCUT2D eigenvalue weighted by Gasteiger charge is -2.23. The van der Waals surface area contributed by atoms with E-state index < -0.39 is 0 Å². The summed E-state index contributed by atoms with van der Waals surface area (Å²) in [5.41, 5.74) is 0.916. The van der Waals surface area contributed by atoms with Crippen molar-refractivity contribution < 1.29 is 9.13 Å². The first-order chi connectivity index (χ1) is 8.81. The molecule has 1 aliphatic rings. The summed E-state index contributed by atoms with van der Waals surface area (Å²) in [7, 11) is 0. The fourth-order valence-electron chi connectivity index (χ4n) is 2.11. The maximum atomic E-state index is 13.3. The molecule has 100 valence electrons. The minimum atomic E-state index is -0.280. The van der Waals surface area contributed by atoms with Crippen molar-refractivity contribution in [3.63, 3.8) is 0 Å². The minimum absolute atomic E-state index is 0.280. The van der Waals surface area contributed by atoms with Gasteiger partial charge in [-0.3, -0.25) is 0 Å². The van der Waals surface area contributed by atoms with Crippen molar-refractivity contribution in [1.29, 1.82) is 0 Å².